The zero-order chi connectivity index (χ0) is 12.3. The lowest BCUT2D eigenvalue weighted by Gasteiger charge is -2.21. The molecule has 0 bridgehead atoms. The van der Waals surface area contributed by atoms with E-state index in [2.05, 4.69) is 17.6 Å². The van der Waals surface area contributed by atoms with Gasteiger partial charge in [0.05, 0.1) is 0 Å². The number of aryl methyl sites for hydroxylation is 1. The van der Waals surface area contributed by atoms with E-state index in [1.165, 1.54) is 11.1 Å². The quantitative estimate of drug-likeness (QED) is 0.781. The van der Waals surface area contributed by atoms with Crippen molar-refractivity contribution < 1.29 is 4.79 Å². The van der Waals surface area contributed by atoms with Crippen molar-refractivity contribution in [2.45, 2.75) is 20.3 Å². The summed E-state index contributed by atoms with van der Waals surface area (Å²) in [6.07, 6.45) is 0.924. The fraction of sp³-hybridized carbons (Fsp3) is 0.357. The first kappa shape index (κ1) is 11.9. The predicted octanol–water partition coefficient (Wildman–Crippen LogP) is 2.11. The highest BCUT2D eigenvalue weighted by molar-refractivity contribution is 6.04. The van der Waals surface area contributed by atoms with E-state index in [9.17, 15) is 4.79 Å². The van der Waals surface area contributed by atoms with E-state index < -0.39 is 0 Å². The fourth-order valence-electron chi connectivity index (χ4n) is 1.84. The van der Waals surface area contributed by atoms with Gasteiger partial charge in [0, 0.05) is 24.4 Å². The Kier molecular flexibility index (Phi) is 3.59. The number of benzene rings is 1. The number of nitrogens with one attached hydrogen (secondary N) is 2. The van der Waals surface area contributed by atoms with Crippen LogP contribution in [0.3, 0.4) is 0 Å². The highest BCUT2D eigenvalue weighted by Crippen LogP contribution is 2.17. The van der Waals surface area contributed by atoms with E-state index in [1.807, 2.05) is 31.2 Å². The van der Waals surface area contributed by atoms with Gasteiger partial charge in [0.25, 0.3) is 5.91 Å². The Morgan fingerprint density at radius 3 is 2.65 bits per heavy atom. The Balaban J connectivity index is 2.13. The predicted molar refractivity (Wildman–Crippen MR) is 70.0 cm³/mol. The summed E-state index contributed by atoms with van der Waals surface area (Å²) in [6, 6.07) is 7.94. The van der Waals surface area contributed by atoms with Crippen LogP contribution in [0, 0.1) is 0 Å². The zero-order valence-electron chi connectivity index (χ0n) is 10.3. The fourth-order valence-corrected chi connectivity index (χ4v) is 1.84. The molecule has 3 heteroatoms. The van der Waals surface area contributed by atoms with Gasteiger partial charge in [-0.2, -0.15) is 0 Å². The lowest BCUT2D eigenvalue weighted by atomic mass is 10.0. The Bertz CT molecular complexity index is 457. The molecule has 1 saturated heterocycles. The summed E-state index contributed by atoms with van der Waals surface area (Å²) in [5, 5.41) is 6.13. The van der Waals surface area contributed by atoms with Gasteiger partial charge in [-0.1, -0.05) is 25.1 Å². The molecular weight excluding hydrogens is 212 g/mol. The molecule has 1 aromatic rings. The monoisotopic (exact) mass is 230 g/mol. The van der Waals surface area contributed by atoms with E-state index in [1.54, 1.807) is 0 Å². The minimum Gasteiger partial charge on any atom is -0.322 e. The first-order valence-electron chi connectivity index (χ1n) is 6.01. The summed E-state index contributed by atoms with van der Waals surface area (Å²) in [4.78, 5) is 12.0. The zero-order valence-corrected chi connectivity index (χ0v) is 10.3. The summed E-state index contributed by atoms with van der Waals surface area (Å²) >= 11 is 0. The second-order valence-corrected chi connectivity index (χ2v) is 4.30. The average molecular weight is 230 g/mol. The first-order valence-corrected chi connectivity index (χ1v) is 6.01. The third-order valence-electron chi connectivity index (χ3n) is 3.19. The van der Waals surface area contributed by atoms with E-state index >= 15 is 0 Å². The number of anilines is 1. The van der Waals surface area contributed by atoms with Crippen molar-refractivity contribution in [2.75, 3.05) is 18.4 Å². The number of para-hydroxylation sites is 1. The van der Waals surface area contributed by atoms with Crippen molar-refractivity contribution in [1.82, 2.24) is 5.32 Å². The number of carbonyl (C=O) groups excluding carboxylic acids is 1. The molecule has 0 atom stereocenters. The van der Waals surface area contributed by atoms with Crippen LogP contribution >= 0.6 is 0 Å². The highest BCUT2D eigenvalue weighted by atomic mass is 16.1. The van der Waals surface area contributed by atoms with Crippen LogP contribution in [0.5, 0.6) is 0 Å². The molecule has 0 spiro atoms. The van der Waals surface area contributed by atoms with Gasteiger partial charge in [-0.05, 0) is 30.5 Å². The molecule has 1 aromatic carbocycles. The molecule has 1 heterocycles. The first-order chi connectivity index (χ1) is 8.22. The van der Waals surface area contributed by atoms with E-state index in [-0.39, 0.29) is 5.91 Å². The van der Waals surface area contributed by atoms with E-state index in [0.717, 1.165) is 30.8 Å². The molecule has 0 unspecified atom stereocenters. The van der Waals surface area contributed by atoms with Crippen LogP contribution in [0.4, 0.5) is 5.69 Å². The summed E-state index contributed by atoms with van der Waals surface area (Å²) in [7, 11) is 0. The smallest absolute Gasteiger partial charge is 0.251 e. The van der Waals surface area contributed by atoms with Gasteiger partial charge in [-0.15, -0.1) is 0 Å². The van der Waals surface area contributed by atoms with Crippen LogP contribution in [-0.2, 0) is 11.2 Å². The van der Waals surface area contributed by atoms with Crippen LogP contribution in [0.15, 0.2) is 35.4 Å². The average Bonchev–Trinajstić information content (AvgIpc) is 2.27. The molecule has 2 rings (SSSR count). The largest absolute Gasteiger partial charge is 0.322 e. The molecule has 1 aliphatic heterocycles. The van der Waals surface area contributed by atoms with Crippen LogP contribution in [-0.4, -0.2) is 19.0 Å². The van der Waals surface area contributed by atoms with Crippen LogP contribution in [0.2, 0.25) is 0 Å². The Hall–Kier alpha value is -1.61. The SMILES string of the molecule is CCc1ccccc1NC(=O)C(C)=C1CNC1. The summed E-state index contributed by atoms with van der Waals surface area (Å²) < 4.78 is 0. The maximum absolute atomic E-state index is 12.0. The Morgan fingerprint density at radius 1 is 1.35 bits per heavy atom. The molecule has 0 aromatic heterocycles. The van der Waals surface area contributed by atoms with Crippen LogP contribution in [0.25, 0.3) is 0 Å². The van der Waals surface area contributed by atoms with Crippen molar-refractivity contribution >= 4 is 11.6 Å². The third kappa shape index (κ3) is 2.56. The normalized spacial score (nSPS) is 14.1. The molecule has 17 heavy (non-hydrogen) atoms. The minimum atomic E-state index is 0.0161. The number of rotatable bonds is 3. The van der Waals surface area contributed by atoms with Crippen molar-refractivity contribution in [3.63, 3.8) is 0 Å². The molecule has 1 amide bonds. The second kappa shape index (κ2) is 5.15. The Morgan fingerprint density at radius 2 is 2.06 bits per heavy atom. The molecule has 1 aliphatic rings. The van der Waals surface area contributed by atoms with Gasteiger partial charge in [-0.25, -0.2) is 0 Å². The van der Waals surface area contributed by atoms with Gasteiger partial charge in [-0.3, -0.25) is 4.79 Å². The second-order valence-electron chi connectivity index (χ2n) is 4.30. The summed E-state index contributed by atoms with van der Waals surface area (Å²) in [5.74, 6) is 0.0161. The van der Waals surface area contributed by atoms with Crippen LogP contribution in [0.1, 0.15) is 19.4 Å². The molecule has 1 fully saturated rings. The van der Waals surface area contributed by atoms with Crippen molar-refractivity contribution in [3.05, 3.63) is 41.0 Å². The lowest BCUT2D eigenvalue weighted by Crippen LogP contribution is -2.36. The van der Waals surface area contributed by atoms with Crippen molar-refractivity contribution in [1.29, 1.82) is 0 Å². The van der Waals surface area contributed by atoms with Crippen molar-refractivity contribution in [2.24, 2.45) is 0 Å². The maximum Gasteiger partial charge on any atom is 0.251 e. The van der Waals surface area contributed by atoms with Gasteiger partial charge >= 0.3 is 0 Å². The summed E-state index contributed by atoms with van der Waals surface area (Å²) in [5.41, 5.74) is 4.14. The molecular formula is C14H18N2O. The Labute approximate surface area is 102 Å². The molecule has 0 aliphatic carbocycles. The van der Waals surface area contributed by atoms with Gasteiger partial charge < -0.3 is 10.6 Å². The number of hydrogen-bond acceptors (Lipinski definition) is 2. The van der Waals surface area contributed by atoms with Crippen molar-refractivity contribution in [3.8, 4) is 0 Å². The number of carbonyl (C=O) groups is 1. The standard InChI is InChI=1S/C14H18N2O/c1-3-11-6-4-5-7-13(11)16-14(17)10(2)12-8-15-9-12/h4-7,15H,3,8-9H2,1-2H3,(H,16,17). The topological polar surface area (TPSA) is 41.1 Å². The van der Waals surface area contributed by atoms with E-state index in [4.69, 9.17) is 0 Å². The van der Waals surface area contributed by atoms with Gasteiger partial charge in [0.1, 0.15) is 0 Å². The third-order valence-corrected chi connectivity index (χ3v) is 3.19. The van der Waals surface area contributed by atoms with E-state index in [0.29, 0.717) is 0 Å². The number of hydrogen-bond donors (Lipinski definition) is 2. The van der Waals surface area contributed by atoms with Gasteiger partial charge in [0.2, 0.25) is 0 Å². The maximum atomic E-state index is 12.0. The molecule has 3 nitrogen and oxygen atoms in total. The van der Waals surface area contributed by atoms with Crippen LogP contribution < -0.4 is 10.6 Å². The van der Waals surface area contributed by atoms with Gasteiger partial charge in [0.15, 0.2) is 0 Å². The number of amides is 1. The molecule has 0 radical (unpaired) electrons. The summed E-state index contributed by atoms with van der Waals surface area (Å²) in [6.45, 7) is 5.66. The highest BCUT2D eigenvalue weighted by Gasteiger charge is 2.16. The minimum absolute atomic E-state index is 0.0161. The molecule has 2 N–H and O–H groups in total. The molecule has 0 saturated carbocycles. The lowest BCUT2D eigenvalue weighted by molar-refractivity contribution is -0.112. The molecule has 90 valence electrons.